The first-order valence-electron chi connectivity index (χ1n) is 14.6. The summed E-state index contributed by atoms with van der Waals surface area (Å²) in [5, 5.41) is 11.0. The molecule has 1 aliphatic rings. The van der Waals surface area contributed by atoms with Crippen LogP contribution in [-0.2, 0) is 9.59 Å². The molecule has 0 aromatic heterocycles. The van der Waals surface area contributed by atoms with E-state index in [1.807, 2.05) is 6.92 Å². The van der Waals surface area contributed by atoms with Gasteiger partial charge in [-0.25, -0.2) is 0 Å². The number of unbranched alkanes of at least 4 members (excludes halogenated alkanes) is 1. The number of hydrogen-bond acceptors (Lipinski definition) is 3. The Labute approximate surface area is 217 Å². The average molecular weight is 489 g/mol. The minimum Gasteiger partial charge on any atom is -0.390 e. The molecule has 3 nitrogen and oxygen atoms in total. The monoisotopic (exact) mass is 488 g/mol. The second-order valence-corrected chi connectivity index (χ2v) is 12.3. The highest BCUT2D eigenvalue weighted by atomic mass is 16.3. The van der Waals surface area contributed by atoms with Gasteiger partial charge in [0.25, 0.3) is 0 Å². The van der Waals surface area contributed by atoms with Crippen LogP contribution >= 0.6 is 0 Å². The molecule has 35 heavy (non-hydrogen) atoms. The zero-order valence-electron chi connectivity index (χ0n) is 24.4. The molecule has 3 atom stereocenters. The molecule has 1 rings (SSSR count). The van der Waals surface area contributed by atoms with Gasteiger partial charge in [0.05, 0.1) is 5.60 Å². The SMILES string of the molecule is CCCCC1=C(CCC(C)(O)CCC[C@H](C)CCC[C@H](C)CCCC(C)C)C(=O)C(C)=C(C)C1=O. The molecule has 1 unspecified atom stereocenters. The standard InChI is InChI=1S/C32H56O3/c1-9-10-19-28-29(31(34)27(7)26(6)30(28)33)20-22-32(8,35)21-13-18-25(5)17-12-16-24(4)15-11-14-23(2)3/h23-25,35H,9-22H2,1-8H3/t24-,25-,32?/m1/s1. The maximum absolute atomic E-state index is 13.0. The van der Waals surface area contributed by atoms with Crippen LogP contribution in [0.2, 0.25) is 0 Å². The van der Waals surface area contributed by atoms with E-state index >= 15 is 0 Å². The smallest absolute Gasteiger partial charge is 0.185 e. The molecule has 0 heterocycles. The van der Waals surface area contributed by atoms with Crippen LogP contribution in [0.3, 0.4) is 0 Å². The molecular formula is C32H56O3. The van der Waals surface area contributed by atoms with E-state index in [1.54, 1.807) is 13.8 Å². The normalized spacial score (nSPS) is 18.5. The molecule has 3 heteroatoms. The Bertz CT molecular complexity index is 738. The van der Waals surface area contributed by atoms with Crippen LogP contribution in [0.4, 0.5) is 0 Å². The number of rotatable bonds is 18. The highest BCUT2D eigenvalue weighted by Gasteiger charge is 2.31. The molecular weight excluding hydrogens is 432 g/mol. The van der Waals surface area contributed by atoms with Gasteiger partial charge in [-0.15, -0.1) is 0 Å². The van der Waals surface area contributed by atoms with E-state index in [0.717, 1.165) is 43.9 Å². The molecule has 0 saturated carbocycles. The lowest BCUT2D eigenvalue weighted by Crippen LogP contribution is -2.27. The maximum atomic E-state index is 13.0. The minimum absolute atomic E-state index is 0.0102. The van der Waals surface area contributed by atoms with Crippen LogP contribution in [0.1, 0.15) is 145 Å². The van der Waals surface area contributed by atoms with E-state index in [9.17, 15) is 14.7 Å². The van der Waals surface area contributed by atoms with Gasteiger partial charge in [-0.1, -0.05) is 92.4 Å². The van der Waals surface area contributed by atoms with Gasteiger partial charge in [-0.2, -0.15) is 0 Å². The first-order chi connectivity index (χ1) is 16.4. The van der Waals surface area contributed by atoms with Crippen molar-refractivity contribution in [3.8, 4) is 0 Å². The Morgan fingerprint density at radius 2 is 1.14 bits per heavy atom. The third-order valence-corrected chi connectivity index (χ3v) is 8.13. The van der Waals surface area contributed by atoms with E-state index in [2.05, 4.69) is 34.6 Å². The van der Waals surface area contributed by atoms with Gasteiger partial charge in [0, 0.05) is 22.3 Å². The summed E-state index contributed by atoms with van der Waals surface area (Å²) in [6, 6.07) is 0. The molecule has 0 aliphatic heterocycles. The lowest BCUT2D eigenvalue weighted by molar-refractivity contribution is -0.116. The van der Waals surface area contributed by atoms with E-state index in [-0.39, 0.29) is 11.6 Å². The van der Waals surface area contributed by atoms with Gasteiger partial charge < -0.3 is 5.11 Å². The number of aliphatic hydroxyl groups is 1. The summed E-state index contributed by atoms with van der Waals surface area (Å²) in [6.45, 7) is 16.9. The number of carbonyl (C=O) groups excluding carboxylic acids is 2. The molecule has 202 valence electrons. The van der Waals surface area contributed by atoms with Gasteiger partial charge in [0.1, 0.15) is 0 Å². The van der Waals surface area contributed by atoms with Crippen LogP contribution in [0, 0.1) is 17.8 Å². The average Bonchev–Trinajstić information content (AvgIpc) is 2.78. The Hall–Kier alpha value is -1.22. The number of carbonyl (C=O) groups is 2. The summed E-state index contributed by atoms with van der Waals surface area (Å²) < 4.78 is 0. The highest BCUT2D eigenvalue weighted by Crippen LogP contribution is 2.33. The number of Topliss-reactive ketones (excluding diaryl/α,β-unsaturated/α-hetero) is 2. The van der Waals surface area contributed by atoms with E-state index in [0.29, 0.717) is 47.5 Å². The predicted molar refractivity (Wildman–Crippen MR) is 150 cm³/mol. The summed E-state index contributed by atoms with van der Waals surface area (Å²) in [5.41, 5.74) is 1.72. The van der Waals surface area contributed by atoms with Gasteiger partial charge in [0.15, 0.2) is 11.6 Å². The summed E-state index contributed by atoms with van der Waals surface area (Å²) in [7, 11) is 0. The van der Waals surface area contributed by atoms with Gasteiger partial charge in [-0.3, -0.25) is 9.59 Å². The quantitative estimate of drug-likeness (QED) is 0.196. The Morgan fingerprint density at radius 1 is 0.686 bits per heavy atom. The fourth-order valence-corrected chi connectivity index (χ4v) is 5.28. The molecule has 0 aromatic carbocycles. The zero-order valence-corrected chi connectivity index (χ0v) is 24.4. The Balaban J connectivity index is 2.46. The van der Waals surface area contributed by atoms with Crippen LogP contribution in [-0.4, -0.2) is 22.3 Å². The fourth-order valence-electron chi connectivity index (χ4n) is 5.28. The summed E-state index contributed by atoms with van der Waals surface area (Å²) in [5.74, 6) is 2.37. The highest BCUT2D eigenvalue weighted by molar-refractivity contribution is 6.24. The van der Waals surface area contributed by atoms with Crippen molar-refractivity contribution in [3.05, 3.63) is 22.3 Å². The predicted octanol–water partition coefficient (Wildman–Crippen LogP) is 8.93. The number of allylic oxidation sites excluding steroid dienone is 4. The lowest BCUT2D eigenvalue weighted by Gasteiger charge is -2.27. The Kier molecular flexibility index (Phi) is 14.4. The first kappa shape index (κ1) is 31.8. The number of ketones is 2. The van der Waals surface area contributed by atoms with Crippen molar-refractivity contribution < 1.29 is 14.7 Å². The number of hydrogen-bond donors (Lipinski definition) is 1. The van der Waals surface area contributed by atoms with Crippen molar-refractivity contribution in [2.75, 3.05) is 0 Å². The van der Waals surface area contributed by atoms with Crippen molar-refractivity contribution in [2.45, 2.75) is 151 Å². The summed E-state index contributed by atoms with van der Waals surface area (Å²) >= 11 is 0. The molecule has 0 fully saturated rings. The lowest BCUT2D eigenvalue weighted by atomic mass is 9.79. The largest absolute Gasteiger partial charge is 0.390 e. The van der Waals surface area contributed by atoms with Gasteiger partial charge >= 0.3 is 0 Å². The third kappa shape index (κ3) is 11.6. The second-order valence-electron chi connectivity index (χ2n) is 12.3. The molecule has 1 aliphatic carbocycles. The Morgan fingerprint density at radius 3 is 1.63 bits per heavy atom. The second kappa shape index (κ2) is 15.8. The maximum Gasteiger partial charge on any atom is 0.185 e. The third-order valence-electron chi connectivity index (χ3n) is 8.13. The molecule has 1 N–H and O–H groups in total. The molecule has 0 bridgehead atoms. The van der Waals surface area contributed by atoms with Crippen molar-refractivity contribution in [1.29, 1.82) is 0 Å². The van der Waals surface area contributed by atoms with E-state index < -0.39 is 5.60 Å². The van der Waals surface area contributed by atoms with Crippen molar-refractivity contribution >= 4 is 11.6 Å². The molecule has 0 amide bonds. The molecule has 0 radical (unpaired) electrons. The molecule has 0 aromatic rings. The van der Waals surface area contributed by atoms with Crippen molar-refractivity contribution in [2.24, 2.45) is 17.8 Å². The van der Waals surface area contributed by atoms with Crippen molar-refractivity contribution in [1.82, 2.24) is 0 Å². The van der Waals surface area contributed by atoms with Gasteiger partial charge in [0.2, 0.25) is 0 Å². The van der Waals surface area contributed by atoms with Crippen molar-refractivity contribution in [3.63, 3.8) is 0 Å². The van der Waals surface area contributed by atoms with Crippen LogP contribution in [0.5, 0.6) is 0 Å². The van der Waals surface area contributed by atoms with Gasteiger partial charge in [-0.05, 0) is 70.6 Å². The molecule has 0 spiro atoms. The van der Waals surface area contributed by atoms with Crippen LogP contribution in [0.25, 0.3) is 0 Å². The molecule has 0 saturated heterocycles. The summed E-state index contributed by atoms with van der Waals surface area (Å²) in [4.78, 5) is 25.8. The van der Waals surface area contributed by atoms with Crippen LogP contribution < -0.4 is 0 Å². The van der Waals surface area contributed by atoms with E-state index in [1.165, 1.54) is 38.5 Å². The zero-order chi connectivity index (χ0) is 26.6. The van der Waals surface area contributed by atoms with E-state index in [4.69, 9.17) is 0 Å². The summed E-state index contributed by atoms with van der Waals surface area (Å²) in [6.07, 6.45) is 14.4. The topological polar surface area (TPSA) is 54.4 Å². The minimum atomic E-state index is -0.805. The fraction of sp³-hybridized carbons (Fsp3) is 0.812. The van der Waals surface area contributed by atoms with Crippen LogP contribution in [0.15, 0.2) is 22.3 Å². The first-order valence-corrected chi connectivity index (χ1v) is 14.6.